The minimum absolute atomic E-state index is 0. The van der Waals surface area contributed by atoms with Crippen LogP contribution < -0.4 is 5.73 Å². The second kappa shape index (κ2) is 5.66. The highest BCUT2D eigenvalue weighted by Crippen LogP contribution is 2.24. The van der Waals surface area contributed by atoms with E-state index in [1.165, 1.54) is 0 Å². The van der Waals surface area contributed by atoms with Crippen LogP contribution in [0, 0.1) is 17.5 Å². The van der Waals surface area contributed by atoms with Gasteiger partial charge in [0.25, 0.3) is 0 Å². The van der Waals surface area contributed by atoms with Gasteiger partial charge in [0.1, 0.15) is 10.7 Å². The summed E-state index contributed by atoms with van der Waals surface area (Å²) in [4.78, 5) is -0.865. The monoisotopic (exact) mass is 316 g/mol. The molecule has 0 bridgehead atoms. The van der Waals surface area contributed by atoms with E-state index >= 15 is 0 Å². The van der Waals surface area contributed by atoms with Crippen LogP contribution in [0.5, 0.6) is 0 Å². The number of nitrogens with zero attached hydrogens (tertiary/aromatic N) is 1. The highest BCUT2D eigenvalue weighted by atomic mass is 35.5. The largest absolute Gasteiger partial charge is 0.326 e. The molecule has 0 unspecified atom stereocenters. The number of hydrogen-bond donors (Lipinski definition) is 1. The molecule has 0 aromatic heterocycles. The molecular formula is C10H12ClF3N2O2S. The van der Waals surface area contributed by atoms with Crippen LogP contribution in [0.4, 0.5) is 13.2 Å². The van der Waals surface area contributed by atoms with Crippen molar-refractivity contribution in [1.29, 1.82) is 0 Å². The lowest BCUT2D eigenvalue weighted by Crippen LogP contribution is -2.32. The molecular weight excluding hydrogens is 305 g/mol. The highest BCUT2D eigenvalue weighted by molar-refractivity contribution is 7.89. The lowest BCUT2D eigenvalue weighted by atomic mass is 10.3. The van der Waals surface area contributed by atoms with Crippen LogP contribution >= 0.6 is 12.4 Å². The number of halogens is 4. The smallest absolute Gasteiger partial charge is 0.246 e. The molecule has 1 heterocycles. The molecule has 9 heteroatoms. The van der Waals surface area contributed by atoms with Crippen molar-refractivity contribution in [3.8, 4) is 0 Å². The Balaban J connectivity index is 0.00000180. The summed E-state index contributed by atoms with van der Waals surface area (Å²) in [6.07, 6.45) is 0.449. The Morgan fingerprint density at radius 3 is 2.26 bits per heavy atom. The third-order valence-corrected chi connectivity index (χ3v) is 4.66. The van der Waals surface area contributed by atoms with Gasteiger partial charge in [-0.15, -0.1) is 12.4 Å². The van der Waals surface area contributed by atoms with Crippen LogP contribution in [0.25, 0.3) is 0 Å². The second-order valence-corrected chi connectivity index (χ2v) is 6.01. The van der Waals surface area contributed by atoms with Gasteiger partial charge in [-0.05, 0) is 12.5 Å². The molecule has 19 heavy (non-hydrogen) atoms. The molecule has 1 saturated heterocycles. The lowest BCUT2D eigenvalue weighted by Gasteiger charge is -2.16. The summed E-state index contributed by atoms with van der Waals surface area (Å²) >= 11 is 0. The van der Waals surface area contributed by atoms with E-state index in [-0.39, 0.29) is 37.6 Å². The topological polar surface area (TPSA) is 63.4 Å². The van der Waals surface area contributed by atoms with E-state index in [4.69, 9.17) is 5.73 Å². The minimum Gasteiger partial charge on any atom is -0.326 e. The number of sulfonamides is 1. The summed E-state index contributed by atoms with van der Waals surface area (Å²) < 4.78 is 64.2. The van der Waals surface area contributed by atoms with Crippen molar-refractivity contribution in [2.45, 2.75) is 17.4 Å². The third kappa shape index (κ3) is 3.02. The fourth-order valence-corrected chi connectivity index (χ4v) is 3.38. The molecule has 1 aliphatic rings. The van der Waals surface area contributed by atoms with E-state index in [0.29, 0.717) is 12.5 Å². The molecule has 4 nitrogen and oxygen atoms in total. The summed E-state index contributed by atoms with van der Waals surface area (Å²) in [6, 6.07) is 0.246. The van der Waals surface area contributed by atoms with Crippen molar-refractivity contribution >= 4 is 22.4 Å². The molecule has 1 atom stereocenters. The molecule has 108 valence electrons. The maximum Gasteiger partial charge on any atom is 0.246 e. The first-order chi connectivity index (χ1) is 8.32. The number of hydrogen-bond acceptors (Lipinski definition) is 3. The van der Waals surface area contributed by atoms with Gasteiger partial charge in [-0.2, -0.15) is 4.31 Å². The molecule has 2 N–H and O–H groups in total. The lowest BCUT2D eigenvalue weighted by molar-refractivity contribution is 0.454. The molecule has 0 spiro atoms. The van der Waals surface area contributed by atoms with Crippen molar-refractivity contribution in [3.05, 3.63) is 29.6 Å². The van der Waals surface area contributed by atoms with Crippen molar-refractivity contribution in [3.63, 3.8) is 0 Å². The van der Waals surface area contributed by atoms with Gasteiger partial charge in [-0.1, -0.05) is 0 Å². The first kappa shape index (κ1) is 16.2. The van der Waals surface area contributed by atoms with Gasteiger partial charge >= 0.3 is 0 Å². The quantitative estimate of drug-likeness (QED) is 0.835. The molecule has 0 aliphatic carbocycles. The fraction of sp³-hybridized carbons (Fsp3) is 0.400. The van der Waals surface area contributed by atoms with Crippen molar-refractivity contribution in [2.24, 2.45) is 5.73 Å². The predicted octanol–water partition coefficient (Wildman–Crippen LogP) is 1.25. The van der Waals surface area contributed by atoms with Gasteiger partial charge in [-0.25, -0.2) is 21.6 Å². The SMILES string of the molecule is Cl.N[C@@H]1CCN(S(=O)(=O)c2cc(F)c(F)cc2F)C1. The van der Waals surface area contributed by atoms with Crippen LogP contribution in [-0.2, 0) is 10.0 Å². The zero-order valence-corrected chi connectivity index (χ0v) is 11.3. The Morgan fingerprint density at radius 2 is 1.74 bits per heavy atom. The Hall–Kier alpha value is -0.830. The normalized spacial score (nSPS) is 20.3. The van der Waals surface area contributed by atoms with Gasteiger partial charge in [0.15, 0.2) is 11.6 Å². The molecule has 2 rings (SSSR count). The second-order valence-electron chi connectivity index (χ2n) is 4.11. The van der Waals surface area contributed by atoms with Gasteiger partial charge < -0.3 is 5.73 Å². The van der Waals surface area contributed by atoms with Crippen molar-refractivity contribution in [1.82, 2.24) is 4.31 Å². The van der Waals surface area contributed by atoms with Gasteiger partial charge in [0.05, 0.1) is 0 Å². The molecule has 1 fully saturated rings. The Bertz CT molecular complexity index is 582. The zero-order valence-electron chi connectivity index (χ0n) is 9.64. The zero-order chi connectivity index (χ0) is 13.5. The van der Waals surface area contributed by atoms with E-state index in [0.717, 1.165) is 4.31 Å². The molecule has 0 saturated carbocycles. The summed E-state index contributed by atoms with van der Waals surface area (Å²) in [7, 11) is -4.17. The number of rotatable bonds is 2. The Kier molecular flexibility index (Phi) is 4.83. The average Bonchev–Trinajstić information content (AvgIpc) is 2.70. The van der Waals surface area contributed by atoms with Crippen LogP contribution in [0.1, 0.15) is 6.42 Å². The van der Waals surface area contributed by atoms with Crippen molar-refractivity contribution in [2.75, 3.05) is 13.1 Å². The van der Waals surface area contributed by atoms with E-state index in [1.807, 2.05) is 0 Å². The molecule has 0 amide bonds. The predicted molar refractivity (Wildman–Crippen MR) is 64.9 cm³/mol. The van der Waals surface area contributed by atoms with Gasteiger partial charge in [0, 0.05) is 25.2 Å². The van der Waals surface area contributed by atoms with Crippen LogP contribution in [-0.4, -0.2) is 31.9 Å². The van der Waals surface area contributed by atoms with Crippen LogP contribution in [0.15, 0.2) is 17.0 Å². The molecule has 1 aromatic rings. The third-order valence-electron chi connectivity index (χ3n) is 2.78. The summed E-state index contributed by atoms with van der Waals surface area (Å²) in [5.74, 6) is -4.14. The average molecular weight is 317 g/mol. The first-order valence-corrected chi connectivity index (χ1v) is 6.66. The molecule has 1 aromatic carbocycles. The van der Waals surface area contributed by atoms with E-state index < -0.39 is 32.4 Å². The standard InChI is InChI=1S/C10H11F3N2O2S.ClH/c11-7-3-9(13)10(4-8(7)12)18(16,17)15-2-1-6(14)5-15;/h3-4,6H,1-2,5,14H2;1H/t6-;/m1./s1. The first-order valence-electron chi connectivity index (χ1n) is 5.22. The maximum absolute atomic E-state index is 13.4. The van der Waals surface area contributed by atoms with Crippen LogP contribution in [0.2, 0.25) is 0 Å². The maximum atomic E-state index is 13.4. The van der Waals surface area contributed by atoms with Gasteiger partial charge in [0.2, 0.25) is 10.0 Å². The summed E-state index contributed by atoms with van der Waals surface area (Å²) in [6.45, 7) is 0.183. The Morgan fingerprint density at radius 1 is 1.16 bits per heavy atom. The number of benzene rings is 1. The number of nitrogens with two attached hydrogens (primary N) is 1. The van der Waals surface area contributed by atoms with E-state index in [2.05, 4.69) is 0 Å². The summed E-state index contributed by atoms with van der Waals surface area (Å²) in [5, 5.41) is 0. The van der Waals surface area contributed by atoms with Gasteiger partial charge in [-0.3, -0.25) is 0 Å². The fourth-order valence-electron chi connectivity index (χ4n) is 1.81. The van der Waals surface area contributed by atoms with E-state index in [1.54, 1.807) is 0 Å². The molecule has 1 aliphatic heterocycles. The Labute approximate surface area is 114 Å². The molecule has 0 radical (unpaired) electrons. The minimum atomic E-state index is -4.17. The van der Waals surface area contributed by atoms with Crippen molar-refractivity contribution < 1.29 is 21.6 Å². The van der Waals surface area contributed by atoms with E-state index in [9.17, 15) is 21.6 Å². The highest BCUT2D eigenvalue weighted by Gasteiger charge is 2.33. The summed E-state index contributed by atoms with van der Waals surface area (Å²) in [5.41, 5.74) is 5.56. The van der Waals surface area contributed by atoms with Crippen LogP contribution in [0.3, 0.4) is 0 Å².